The molecule has 0 aromatic heterocycles. The molecule has 1 amide bonds. The maximum atomic E-state index is 12.6. The molecule has 1 atom stereocenters. The van der Waals surface area contributed by atoms with Crippen LogP contribution in [0.5, 0.6) is 5.75 Å². The van der Waals surface area contributed by atoms with Crippen LogP contribution in [-0.2, 0) is 10.1 Å². The Morgan fingerprint density at radius 1 is 1.10 bits per heavy atom. The van der Waals surface area contributed by atoms with Gasteiger partial charge in [0.25, 0.3) is 0 Å². The van der Waals surface area contributed by atoms with Crippen LogP contribution >= 0.6 is 0 Å². The fourth-order valence-electron chi connectivity index (χ4n) is 3.68. The first kappa shape index (κ1) is 20.1. The molecule has 2 aliphatic rings. The molecule has 2 aromatic rings. The van der Waals surface area contributed by atoms with Crippen molar-refractivity contribution in [3.05, 3.63) is 53.2 Å². The van der Waals surface area contributed by atoms with Crippen molar-refractivity contribution in [1.82, 2.24) is 5.32 Å². The molecule has 1 aliphatic heterocycles. The lowest BCUT2D eigenvalue weighted by Crippen LogP contribution is -2.48. The number of nitrogens with zero attached hydrogens (tertiary/aromatic N) is 2. The number of nitrogens with one attached hydrogen (secondary N) is 2. The van der Waals surface area contributed by atoms with Gasteiger partial charge in [-0.3, -0.25) is 0 Å². The Bertz CT molecular complexity index is 1190. The smallest absolute Gasteiger partial charge is 0.339 e. The van der Waals surface area contributed by atoms with Gasteiger partial charge in [-0.2, -0.15) is 8.42 Å². The van der Waals surface area contributed by atoms with E-state index in [0.29, 0.717) is 16.8 Å². The molecule has 10 heteroatoms. The average molecular weight is 429 g/mol. The third-order valence-corrected chi connectivity index (χ3v) is 6.30. The molecule has 1 aliphatic carbocycles. The first-order chi connectivity index (χ1) is 14.2. The van der Waals surface area contributed by atoms with Crippen molar-refractivity contribution in [3.63, 3.8) is 0 Å². The summed E-state index contributed by atoms with van der Waals surface area (Å²) in [5.41, 5.74) is 0.874. The van der Waals surface area contributed by atoms with E-state index in [2.05, 4.69) is 20.6 Å². The molecule has 0 bridgehead atoms. The van der Waals surface area contributed by atoms with E-state index in [4.69, 9.17) is 4.18 Å². The van der Waals surface area contributed by atoms with E-state index in [0.717, 1.165) is 18.5 Å². The van der Waals surface area contributed by atoms with E-state index < -0.39 is 22.0 Å². The Kier molecular flexibility index (Phi) is 5.10. The number of fused-ring (bicyclic) bond motifs is 1. The Hall–Kier alpha value is -3.14. The number of hydrogen-bond donors (Lipinski definition) is 2. The van der Waals surface area contributed by atoms with Gasteiger partial charge in [-0.1, -0.05) is 12.8 Å². The summed E-state index contributed by atoms with van der Waals surface area (Å²) in [5.74, 6) is -1.36. The van der Waals surface area contributed by atoms with Crippen molar-refractivity contribution in [3.8, 4) is 5.75 Å². The molecule has 1 saturated carbocycles. The van der Waals surface area contributed by atoms with Crippen molar-refractivity contribution in [2.75, 3.05) is 5.32 Å². The van der Waals surface area contributed by atoms with E-state index in [1.807, 2.05) is 0 Å². The van der Waals surface area contributed by atoms with Crippen molar-refractivity contribution >= 4 is 21.9 Å². The summed E-state index contributed by atoms with van der Waals surface area (Å²) < 4.78 is 30.5. The fourth-order valence-corrected chi connectivity index (χ4v) is 4.60. The zero-order valence-corrected chi connectivity index (χ0v) is 17.1. The van der Waals surface area contributed by atoms with E-state index in [-0.39, 0.29) is 10.6 Å². The molecule has 1 fully saturated rings. The monoisotopic (exact) mass is 429 g/mol. The number of anilines is 1. The first-order valence-corrected chi connectivity index (χ1v) is 11.0. The lowest BCUT2D eigenvalue weighted by atomic mass is 10.2. The highest BCUT2D eigenvalue weighted by Gasteiger charge is 2.25. The summed E-state index contributed by atoms with van der Waals surface area (Å²) in [6.07, 6.45) is 3.15. The average Bonchev–Trinajstić information content (AvgIpc) is 3.27. The number of carbonyl (C=O) groups is 1. The molecule has 30 heavy (non-hydrogen) atoms. The van der Waals surface area contributed by atoms with E-state index in [9.17, 15) is 18.3 Å². The summed E-state index contributed by atoms with van der Waals surface area (Å²) in [5, 5.41) is 17.0. The number of rotatable bonds is 6. The van der Waals surface area contributed by atoms with Crippen molar-refractivity contribution in [2.45, 2.75) is 49.3 Å². The molecule has 4 rings (SSSR count). The van der Waals surface area contributed by atoms with Crippen molar-refractivity contribution in [2.24, 2.45) is 9.98 Å². The maximum Gasteiger partial charge on any atom is 0.339 e. The van der Waals surface area contributed by atoms with Gasteiger partial charge in [-0.05, 0) is 49.2 Å². The highest BCUT2D eigenvalue weighted by Crippen LogP contribution is 2.24. The second-order valence-electron chi connectivity index (χ2n) is 7.49. The van der Waals surface area contributed by atoms with Crippen molar-refractivity contribution < 1.29 is 22.5 Å². The number of carbonyl (C=O) groups excluding carboxylic acids is 1. The number of carboxylic acid groups (broad SMARTS) is 1. The number of hydrogen-bond acceptors (Lipinski definition) is 8. The van der Waals surface area contributed by atoms with Gasteiger partial charge in [0.15, 0.2) is 0 Å². The Morgan fingerprint density at radius 3 is 2.43 bits per heavy atom. The molecular weight excluding hydrogens is 408 g/mol. The van der Waals surface area contributed by atoms with Gasteiger partial charge < -0.3 is 24.7 Å². The molecule has 0 radical (unpaired) electrons. The quantitative estimate of drug-likeness (QED) is 0.649. The summed E-state index contributed by atoms with van der Waals surface area (Å²) in [6.45, 7) is 1.46. The third-order valence-electron chi connectivity index (χ3n) is 5.04. The molecule has 0 saturated heterocycles. The Labute approximate surface area is 173 Å². The molecule has 1 unspecified atom stereocenters. The molecule has 9 nitrogen and oxygen atoms in total. The lowest BCUT2D eigenvalue weighted by Gasteiger charge is -2.20. The minimum Gasteiger partial charge on any atom is -0.530 e. The second-order valence-corrected chi connectivity index (χ2v) is 9.04. The lowest BCUT2D eigenvalue weighted by molar-refractivity contribution is -0.252. The largest absolute Gasteiger partial charge is 0.530 e. The van der Waals surface area contributed by atoms with E-state index in [1.54, 1.807) is 12.1 Å². The van der Waals surface area contributed by atoms with Crippen LogP contribution in [0.4, 0.5) is 10.5 Å². The van der Waals surface area contributed by atoms with Crippen LogP contribution in [0, 0.1) is 0 Å². The fraction of sp³-hybridized carbons (Fsp3) is 0.350. The number of benzene rings is 2. The van der Waals surface area contributed by atoms with Crippen LogP contribution in [0.25, 0.3) is 0 Å². The van der Waals surface area contributed by atoms with Gasteiger partial charge in [0, 0.05) is 24.7 Å². The zero-order chi connectivity index (χ0) is 21.4. The Balaban J connectivity index is 1.51. The van der Waals surface area contributed by atoms with Crippen LogP contribution in [0.1, 0.15) is 32.6 Å². The van der Waals surface area contributed by atoms with Crippen LogP contribution in [0.15, 0.2) is 57.3 Å². The van der Waals surface area contributed by atoms with Gasteiger partial charge >= 0.3 is 10.1 Å². The van der Waals surface area contributed by atoms with Crippen LogP contribution < -0.4 is 30.6 Å². The maximum absolute atomic E-state index is 12.6. The summed E-state index contributed by atoms with van der Waals surface area (Å²) >= 11 is 0. The predicted octanol–water partition coefficient (Wildman–Crippen LogP) is 0.668. The van der Waals surface area contributed by atoms with Gasteiger partial charge in [-0.25, -0.2) is 9.98 Å². The highest BCUT2D eigenvalue weighted by atomic mass is 32.2. The summed E-state index contributed by atoms with van der Waals surface area (Å²) in [4.78, 5) is 19.2. The Morgan fingerprint density at radius 2 is 1.77 bits per heavy atom. The molecular formula is C20H21N4O5S-. The SMILES string of the molecule is CC1(NC(=O)[O-])N=c2ccc(OS(=O)(=O)c3ccc(NC4CCCC4)cc3)cc2=N1. The van der Waals surface area contributed by atoms with Crippen LogP contribution in [0.2, 0.25) is 0 Å². The minimum absolute atomic E-state index is 0.0325. The van der Waals surface area contributed by atoms with Crippen molar-refractivity contribution in [1.29, 1.82) is 0 Å². The first-order valence-electron chi connectivity index (χ1n) is 9.63. The molecule has 0 spiro atoms. The third kappa shape index (κ3) is 4.38. The van der Waals surface area contributed by atoms with Gasteiger partial charge in [0.1, 0.15) is 16.7 Å². The zero-order valence-electron chi connectivity index (χ0n) is 16.3. The summed E-state index contributed by atoms with van der Waals surface area (Å²) in [6, 6.07) is 11.2. The summed E-state index contributed by atoms with van der Waals surface area (Å²) in [7, 11) is -4.04. The number of amides is 1. The van der Waals surface area contributed by atoms with Gasteiger partial charge in [-0.15, -0.1) is 0 Å². The van der Waals surface area contributed by atoms with Gasteiger partial charge in [0.2, 0.25) is 5.79 Å². The molecule has 2 N–H and O–H groups in total. The minimum atomic E-state index is -4.04. The highest BCUT2D eigenvalue weighted by molar-refractivity contribution is 7.87. The van der Waals surface area contributed by atoms with Crippen LogP contribution in [0.3, 0.4) is 0 Å². The molecule has 1 heterocycles. The van der Waals surface area contributed by atoms with E-state index in [1.165, 1.54) is 50.1 Å². The van der Waals surface area contributed by atoms with Gasteiger partial charge in [0.05, 0.1) is 10.7 Å². The second kappa shape index (κ2) is 7.60. The van der Waals surface area contributed by atoms with Crippen LogP contribution in [-0.4, -0.2) is 26.3 Å². The topological polar surface area (TPSA) is 132 Å². The molecule has 2 aromatic carbocycles. The normalized spacial score (nSPS) is 20.7. The predicted molar refractivity (Wildman–Crippen MR) is 106 cm³/mol. The standard InChI is InChI=1S/C20H22N4O5S/c1-20(24-19(25)26)22-17-11-8-15(12-18(17)23-20)29-30(27,28)16-9-6-14(7-10-16)21-13-4-2-3-5-13/h6-13,21,24H,2-5H2,1H3,(H,25,26)/p-1. The molecule has 158 valence electrons. The van der Waals surface area contributed by atoms with E-state index >= 15 is 0 Å².